The van der Waals surface area contributed by atoms with Gasteiger partial charge in [0.1, 0.15) is 17.7 Å². The maximum Gasteiger partial charge on any atom is 0.408 e. The summed E-state index contributed by atoms with van der Waals surface area (Å²) in [5, 5.41) is 12.9. The van der Waals surface area contributed by atoms with Crippen molar-refractivity contribution in [1.82, 2.24) is 10.2 Å². The Bertz CT molecular complexity index is 752. The summed E-state index contributed by atoms with van der Waals surface area (Å²) in [4.78, 5) is 40.6. The number of hydrogen-bond donors (Lipinski definition) is 2. The van der Waals surface area contributed by atoms with Crippen LogP contribution in [0.25, 0.3) is 0 Å². The molecule has 1 aliphatic heterocycles. The van der Waals surface area contributed by atoms with Crippen molar-refractivity contribution in [3.8, 4) is 0 Å². The molecule has 0 unspecified atom stereocenters. The molecule has 0 aromatic rings. The van der Waals surface area contributed by atoms with Crippen LogP contribution < -0.4 is 5.32 Å². The van der Waals surface area contributed by atoms with E-state index in [2.05, 4.69) is 5.32 Å². The smallest absolute Gasteiger partial charge is 0.408 e. The van der Waals surface area contributed by atoms with Crippen LogP contribution >= 0.6 is 0 Å². The molecule has 0 spiro atoms. The molecule has 1 heterocycles. The lowest BCUT2D eigenvalue weighted by Gasteiger charge is -2.59. The predicted molar refractivity (Wildman–Crippen MR) is 113 cm³/mol. The van der Waals surface area contributed by atoms with Crippen LogP contribution in [0.4, 0.5) is 4.79 Å². The van der Waals surface area contributed by atoms with Gasteiger partial charge in [-0.3, -0.25) is 4.79 Å². The van der Waals surface area contributed by atoms with Crippen LogP contribution in [0.5, 0.6) is 0 Å². The topological polar surface area (TPSA) is 95.9 Å². The lowest BCUT2D eigenvalue weighted by Crippen LogP contribution is -2.65. The third-order valence-electron chi connectivity index (χ3n) is 8.70. The predicted octanol–water partition coefficient (Wildman–Crippen LogP) is 3.56. The lowest BCUT2D eigenvalue weighted by molar-refractivity contribution is -0.159. The van der Waals surface area contributed by atoms with Crippen LogP contribution in [0.15, 0.2) is 0 Å². The number of nitrogens with zero attached hydrogens (tertiary/aromatic N) is 1. The highest BCUT2D eigenvalue weighted by molar-refractivity contribution is 5.91. The number of amides is 2. The largest absolute Gasteiger partial charge is 0.480 e. The number of carbonyl (C=O) groups excluding carboxylic acids is 2. The Morgan fingerprint density at radius 3 is 2.10 bits per heavy atom. The molecule has 6 bridgehead atoms. The van der Waals surface area contributed by atoms with Gasteiger partial charge in [0.2, 0.25) is 5.91 Å². The molecule has 5 saturated carbocycles. The zero-order chi connectivity index (χ0) is 22.1. The molecule has 7 heteroatoms. The molecule has 172 valence electrons. The van der Waals surface area contributed by atoms with E-state index in [0.717, 1.165) is 38.5 Å². The molecule has 2 amide bonds. The van der Waals surface area contributed by atoms with Crippen molar-refractivity contribution in [3.05, 3.63) is 0 Å². The van der Waals surface area contributed by atoms with Gasteiger partial charge in [-0.2, -0.15) is 0 Å². The molecule has 6 aliphatic rings. The van der Waals surface area contributed by atoms with E-state index < -0.39 is 29.7 Å². The number of piperidine rings is 1. The minimum absolute atomic E-state index is 0.0181. The van der Waals surface area contributed by atoms with Crippen molar-refractivity contribution in [3.63, 3.8) is 0 Å². The number of hydrogen-bond acceptors (Lipinski definition) is 4. The summed E-state index contributed by atoms with van der Waals surface area (Å²) < 4.78 is 5.54. The molecule has 0 aromatic carbocycles. The number of alkyl carbamates (subject to hydrolysis) is 1. The van der Waals surface area contributed by atoms with E-state index in [4.69, 9.17) is 4.74 Å². The molecule has 7 nitrogen and oxygen atoms in total. The van der Waals surface area contributed by atoms with E-state index >= 15 is 0 Å². The fourth-order valence-corrected chi connectivity index (χ4v) is 8.21. The van der Waals surface area contributed by atoms with Crippen LogP contribution in [-0.4, -0.2) is 51.7 Å². The Balaban J connectivity index is 1.46. The number of carboxylic acids is 1. The molecule has 2 N–H and O–H groups in total. The number of carboxylic acid groups (broad SMARTS) is 1. The fraction of sp³-hybridized carbons (Fsp3) is 0.875. The van der Waals surface area contributed by atoms with Crippen LogP contribution in [0.1, 0.15) is 78.6 Å². The highest BCUT2D eigenvalue weighted by atomic mass is 16.6. The molecular formula is C24H36N2O5. The average molecular weight is 433 g/mol. The Morgan fingerprint density at radius 1 is 1.00 bits per heavy atom. The lowest BCUT2D eigenvalue weighted by atomic mass is 9.47. The molecule has 0 radical (unpaired) electrons. The van der Waals surface area contributed by atoms with Crippen LogP contribution in [-0.2, 0) is 14.3 Å². The first-order chi connectivity index (χ1) is 14.5. The number of aliphatic carboxylic acids is 1. The van der Waals surface area contributed by atoms with Gasteiger partial charge in [-0.25, -0.2) is 9.59 Å². The van der Waals surface area contributed by atoms with Gasteiger partial charge in [-0.1, -0.05) is 0 Å². The first-order valence-electron chi connectivity index (χ1n) is 12.1. The highest BCUT2D eigenvalue weighted by Gasteiger charge is 2.60. The van der Waals surface area contributed by atoms with Crippen LogP contribution in [0.3, 0.4) is 0 Å². The van der Waals surface area contributed by atoms with E-state index in [1.807, 2.05) is 20.8 Å². The second kappa shape index (κ2) is 7.11. The number of rotatable bonds is 4. The second-order valence-corrected chi connectivity index (χ2v) is 12.1. The number of carbonyl (C=O) groups is 3. The molecule has 5 aliphatic carbocycles. The van der Waals surface area contributed by atoms with Gasteiger partial charge >= 0.3 is 12.1 Å². The molecule has 6 fully saturated rings. The van der Waals surface area contributed by atoms with Gasteiger partial charge in [-0.15, -0.1) is 0 Å². The standard InChI is InChI=1S/C24H36N2O5/c1-23(2,3)31-22(30)25-19(24-10-13-6-14(11-24)8-15(7-13)12-24)20(27)26-17-5-4-16(9-17)18(26)21(28)29/h13-19H,4-12H2,1-3H3,(H,25,30)(H,28,29)/t13?,14?,15?,16-,17+,18-,19+,24?/m0/s1. The number of nitrogens with one attached hydrogen (secondary N) is 1. The summed E-state index contributed by atoms with van der Waals surface area (Å²) in [7, 11) is 0. The van der Waals surface area contributed by atoms with Gasteiger partial charge in [0.25, 0.3) is 0 Å². The quantitative estimate of drug-likeness (QED) is 0.708. The molecule has 6 rings (SSSR count). The van der Waals surface area contributed by atoms with E-state index in [0.29, 0.717) is 17.8 Å². The zero-order valence-electron chi connectivity index (χ0n) is 18.9. The molecule has 31 heavy (non-hydrogen) atoms. The summed E-state index contributed by atoms with van der Waals surface area (Å²) in [6.45, 7) is 5.44. The van der Waals surface area contributed by atoms with Crippen molar-refractivity contribution in [1.29, 1.82) is 0 Å². The van der Waals surface area contributed by atoms with Crippen LogP contribution in [0.2, 0.25) is 0 Å². The normalized spacial score (nSPS) is 41.3. The molecule has 1 saturated heterocycles. The zero-order valence-corrected chi connectivity index (χ0v) is 18.9. The maximum absolute atomic E-state index is 14.1. The number of fused-ring (bicyclic) bond motifs is 2. The van der Waals surface area contributed by atoms with E-state index in [9.17, 15) is 19.5 Å². The average Bonchev–Trinajstić information content (AvgIpc) is 3.24. The number of likely N-dealkylation sites (tertiary alicyclic amines) is 1. The summed E-state index contributed by atoms with van der Waals surface area (Å²) >= 11 is 0. The van der Waals surface area contributed by atoms with Gasteiger partial charge in [0, 0.05) is 11.5 Å². The minimum atomic E-state index is -0.915. The van der Waals surface area contributed by atoms with E-state index in [1.165, 1.54) is 19.3 Å². The molecule has 0 aromatic heterocycles. The summed E-state index contributed by atoms with van der Waals surface area (Å²) in [5.74, 6) is 0.784. The van der Waals surface area contributed by atoms with Crippen molar-refractivity contribution in [2.24, 2.45) is 29.1 Å². The first-order valence-corrected chi connectivity index (χ1v) is 12.1. The summed E-state index contributed by atoms with van der Waals surface area (Å²) in [6.07, 6.45) is 8.48. The number of ether oxygens (including phenoxy) is 1. The van der Waals surface area contributed by atoms with Gasteiger partial charge in [0.05, 0.1) is 0 Å². The molecule has 4 atom stereocenters. The third-order valence-corrected chi connectivity index (χ3v) is 8.70. The minimum Gasteiger partial charge on any atom is -0.480 e. The summed E-state index contributed by atoms with van der Waals surface area (Å²) in [6, 6.07) is -1.48. The second-order valence-electron chi connectivity index (χ2n) is 12.1. The third kappa shape index (κ3) is 3.62. The Labute approximate surface area is 184 Å². The summed E-state index contributed by atoms with van der Waals surface area (Å²) in [5.41, 5.74) is -0.927. The van der Waals surface area contributed by atoms with Crippen molar-refractivity contribution >= 4 is 18.0 Å². The monoisotopic (exact) mass is 432 g/mol. The maximum atomic E-state index is 14.1. The molecular weight excluding hydrogens is 396 g/mol. The van der Waals surface area contributed by atoms with Gasteiger partial charge < -0.3 is 20.1 Å². The Hall–Kier alpha value is -1.79. The first kappa shape index (κ1) is 21.1. The van der Waals surface area contributed by atoms with Crippen molar-refractivity contribution in [2.45, 2.75) is 102 Å². The van der Waals surface area contributed by atoms with Gasteiger partial charge in [0.15, 0.2) is 0 Å². The Kier molecular flexibility index (Phi) is 4.83. The Morgan fingerprint density at radius 2 is 1.58 bits per heavy atom. The van der Waals surface area contributed by atoms with Crippen molar-refractivity contribution in [2.75, 3.05) is 0 Å². The van der Waals surface area contributed by atoms with E-state index in [-0.39, 0.29) is 23.3 Å². The fourth-order valence-electron chi connectivity index (χ4n) is 8.21. The highest BCUT2D eigenvalue weighted by Crippen LogP contribution is 2.61. The SMILES string of the molecule is CC(C)(C)OC(=O)N[C@H](C(=O)N1[C@@H]2CC[C@@H](C2)[C@H]1C(=O)O)C12CC3CC(CC(C3)C1)C2. The van der Waals surface area contributed by atoms with Crippen LogP contribution in [0, 0.1) is 29.1 Å². The van der Waals surface area contributed by atoms with Gasteiger partial charge in [-0.05, 0) is 102 Å². The van der Waals surface area contributed by atoms with E-state index in [1.54, 1.807) is 4.90 Å². The van der Waals surface area contributed by atoms with Crippen molar-refractivity contribution < 1.29 is 24.2 Å².